The lowest BCUT2D eigenvalue weighted by atomic mass is 9.98. The Bertz CT molecular complexity index is 377. The molecule has 0 spiro atoms. The van der Waals surface area contributed by atoms with Gasteiger partial charge in [-0.05, 0) is 23.6 Å². The van der Waals surface area contributed by atoms with Crippen molar-refractivity contribution in [1.82, 2.24) is 0 Å². The van der Waals surface area contributed by atoms with Gasteiger partial charge in [0.15, 0.2) is 0 Å². The molecule has 0 aliphatic carbocycles. The van der Waals surface area contributed by atoms with Gasteiger partial charge in [-0.25, -0.2) is 0 Å². The predicted octanol–water partition coefficient (Wildman–Crippen LogP) is 2.65. The average Bonchev–Trinajstić information content (AvgIpc) is 2.29. The number of methoxy groups -OCH3 is 2. The van der Waals surface area contributed by atoms with Crippen molar-refractivity contribution >= 4 is 18.6 Å². The van der Waals surface area contributed by atoms with Crippen LogP contribution < -0.4 is 4.74 Å². The number of hydrogen-bond acceptors (Lipinski definition) is 4. The van der Waals surface area contributed by atoms with E-state index in [1.807, 2.05) is 25.1 Å². The second kappa shape index (κ2) is 5.80. The van der Waals surface area contributed by atoms with Gasteiger partial charge in [-0.3, -0.25) is 4.79 Å². The summed E-state index contributed by atoms with van der Waals surface area (Å²) >= 11 is 4.27. The van der Waals surface area contributed by atoms with Crippen molar-refractivity contribution in [2.75, 3.05) is 14.2 Å². The number of rotatable bonds is 4. The largest absolute Gasteiger partial charge is 0.496 e. The molecule has 0 saturated carbocycles. The highest BCUT2D eigenvalue weighted by molar-refractivity contribution is 7.80. The number of ether oxygens (including phenoxy) is 2. The van der Waals surface area contributed by atoms with E-state index >= 15 is 0 Å². The first-order valence-corrected chi connectivity index (χ1v) is 5.47. The fourth-order valence-corrected chi connectivity index (χ4v) is 1.68. The maximum atomic E-state index is 11.1. The molecule has 1 atom stereocenters. The Labute approximate surface area is 101 Å². The molecule has 0 bridgehead atoms. The van der Waals surface area contributed by atoms with E-state index in [-0.39, 0.29) is 11.9 Å². The Kier molecular flexibility index (Phi) is 4.68. The molecule has 1 aromatic carbocycles. The average molecular weight is 240 g/mol. The van der Waals surface area contributed by atoms with Crippen LogP contribution in [-0.4, -0.2) is 20.2 Å². The summed E-state index contributed by atoms with van der Waals surface area (Å²) < 4.78 is 9.81. The molecule has 0 aromatic heterocycles. The summed E-state index contributed by atoms with van der Waals surface area (Å²) in [6.45, 7) is 1.98. The lowest BCUT2D eigenvalue weighted by molar-refractivity contribution is -0.140. The molecule has 0 saturated heterocycles. The zero-order chi connectivity index (χ0) is 12.1. The summed E-state index contributed by atoms with van der Waals surface area (Å²) in [5, 5.41) is 0. The van der Waals surface area contributed by atoms with Crippen LogP contribution in [-0.2, 0) is 9.53 Å². The first-order chi connectivity index (χ1) is 7.58. The Hall–Kier alpha value is -1.16. The van der Waals surface area contributed by atoms with Crippen molar-refractivity contribution in [3.05, 3.63) is 23.8 Å². The van der Waals surface area contributed by atoms with Crippen molar-refractivity contribution in [1.29, 1.82) is 0 Å². The van der Waals surface area contributed by atoms with Crippen molar-refractivity contribution < 1.29 is 14.3 Å². The zero-order valence-electron chi connectivity index (χ0n) is 9.69. The normalized spacial score (nSPS) is 12.0. The second-order valence-corrected chi connectivity index (χ2v) is 4.09. The molecule has 0 heterocycles. The molecule has 0 aliphatic heterocycles. The summed E-state index contributed by atoms with van der Waals surface area (Å²) in [5.74, 6) is 0.620. The van der Waals surface area contributed by atoms with E-state index < -0.39 is 0 Å². The van der Waals surface area contributed by atoms with Crippen LogP contribution >= 0.6 is 12.6 Å². The minimum absolute atomic E-state index is 0.107. The maximum absolute atomic E-state index is 11.1. The van der Waals surface area contributed by atoms with Gasteiger partial charge in [0, 0.05) is 4.90 Å². The van der Waals surface area contributed by atoms with Gasteiger partial charge in [0.1, 0.15) is 5.75 Å². The van der Waals surface area contributed by atoms with Crippen molar-refractivity contribution in [3.8, 4) is 5.75 Å². The number of carbonyl (C=O) groups excluding carboxylic acids is 1. The Morgan fingerprint density at radius 1 is 1.44 bits per heavy atom. The van der Waals surface area contributed by atoms with Gasteiger partial charge in [0.05, 0.1) is 20.6 Å². The Balaban J connectivity index is 2.83. The van der Waals surface area contributed by atoms with Crippen LogP contribution in [0.1, 0.15) is 24.8 Å². The van der Waals surface area contributed by atoms with E-state index in [1.54, 1.807) is 7.11 Å². The standard InChI is InChI=1S/C12H16O3S/c1-8(6-12(13)15-3)9-4-5-11(16)10(7-9)14-2/h4-5,7-8,16H,6H2,1-3H3/t8-/m0/s1. The highest BCUT2D eigenvalue weighted by Crippen LogP contribution is 2.28. The number of hydrogen-bond donors (Lipinski definition) is 1. The lowest BCUT2D eigenvalue weighted by Crippen LogP contribution is -2.06. The highest BCUT2D eigenvalue weighted by Gasteiger charge is 2.12. The van der Waals surface area contributed by atoms with Crippen molar-refractivity contribution in [3.63, 3.8) is 0 Å². The van der Waals surface area contributed by atoms with E-state index in [2.05, 4.69) is 17.4 Å². The molecule has 1 aromatic rings. The van der Waals surface area contributed by atoms with E-state index in [0.29, 0.717) is 6.42 Å². The summed E-state index contributed by atoms with van der Waals surface area (Å²) in [4.78, 5) is 11.9. The van der Waals surface area contributed by atoms with Gasteiger partial charge in [0.25, 0.3) is 0 Å². The molecule has 16 heavy (non-hydrogen) atoms. The van der Waals surface area contributed by atoms with E-state index in [9.17, 15) is 4.79 Å². The minimum Gasteiger partial charge on any atom is -0.496 e. The van der Waals surface area contributed by atoms with Gasteiger partial charge in [-0.2, -0.15) is 0 Å². The smallest absolute Gasteiger partial charge is 0.306 e. The fraction of sp³-hybridized carbons (Fsp3) is 0.417. The van der Waals surface area contributed by atoms with E-state index in [4.69, 9.17) is 4.74 Å². The first-order valence-electron chi connectivity index (χ1n) is 5.02. The Morgan fingerprint density at radius 3 is 2.69 bits per heavy atom. The van der Waals surface area contributed by atoms with E-state index in [1.165, 1.54) is 7.11 Å². The number of carbonyl (C=O) groups is 1. The minimum atomic E-state index is -0.207. The van der Waals surface area contributed by atoms with Crippen molar-refractivity contribution in [2.45, 2.75) is 24.2 Å². The molecule has 0 unspecified atom stereocenters. The van der Waals surface area contributed by atoms with Crippen LogP contribution in [0.25, 0.3) is 0 Å². The monoisotopic (exact) mass is 240 g/mol. The molecule has 1 rings (SSSR count). The topological polar surface area (TPSA) is 35.5 Å². The van der Waals surface area contributed by atoms with Crippen LogP contribution in [0, 0.1) is 0 Å². The van der Waals surface area contributed by atoms with Crippen LogP contribution in [0.4, 0.5) is 0 Å². The number of esters is 1. The van der Waals surface area contributed by atoms with Crippen molar-refractivity contribution in [2.24, 2.45) is 0 Å². The van der Waals surface area contributed by atoms with Gasteiger partial charge in [-0.1, -0.05) is 13.0 Å². The molecular weight excluding hydrogens is 224 g/mol. The summed E-state index contributed by atoms with van der Waals surface area (Å²) in [7, 11) is 3.00. The van der Waals surface area contributed by atoms with Crippen LogP contribution in [0.5, 0.6) is 5.75 Å². The molecule has 0 aliphatic rings. The molecule has 0 radical (unpaired) electrons. The molecule has 3 nitrogen and oxygen atoms in total. The highest BCUT2D eigenvalue weighted by atomic mass is 32.1. The lowest BCUT2D eigenvalue weighted by Gasteiger charge is -2.12. The van der Waals surface area contributed by atoms with Gasteiger partial charge < -0.3 is 9.47 Å². The van der Waals surface area contributed by atoms with Gasteiger partial charge in [-0.15, -0.1) is 12.6 Å². The second-order valence-electron chi connectivity index (χ2n) is 3.61. The molecule has 4 heteroatoms. The first kappa shape index (κ1) is 12.9. The van der Waals surface area contributed by atoms with E-state index in [0.717, 1.165) is 16.2 Å². The SMILES string of the molecule is COC(=O)C[C@H](C)c1ccc(S)c(OC)c1. The molecule has 0 N–H and O–H groups in total. The van der Waals surface area contributed by atoms with Crippen LogP contribution in [0.2, 0.25) is 0 Å². The van der Waals surface area contributed by atoms with Gasteiger partial charge in [0.2, 0.25) is 0 Å². The van der Waals surface area contributed by atoms with Crippen LogP contribution in [0.15, 0.2) is 23.1 Å². The quantitative estimate of drug-likeness (QED) is 0.649. The molecule has 0 amide bonds. The number of thiol groups is 1. The number of benzene rings is 1. The summed E-state index contributed by atoms with van der Waals surface area (Å²) in [5.41, 5.74) is 1.04. The Morgan fingerprint density at radius 2 is 2.12 bits per heavy atom. The molecule has 0 fully saturated rings. The van der Waals surface area contributed by atoms with Crippen LogP contribution in [0.3, 0.4) is 0 Å². The predicted molar refractivity (Wildman–Crippen MR) is 65.3 cm³/mol. The molecule has 88 valence electrons. The zero-order valence-corrected chi connectivity index (χ0v) is 10.6. The third-order valence-corrected chi connectivity index (χ3v) is 2.84. The summed E-state index contributed by atoms with van der Waals surface area (Å²) in [6.07, 6.45) is 0.367. The third kappa shape index (κ3) is 3.17. The fourth-order valence-electron chi connectivity index (χ4n) is 1.45. The van der Waals surface area contributed by atoms with Gasteiger partial charge >= 0.3 is 5.97 Å². The third-order valence-electron chi connectivity index (χ3n) is 2.47. The maximum Gasteiger partial charge on any atom is 0.306 e. The molecular formula is C12H16O3S. The summed E-state index contributed by atoms with van der Waals surface area (Å²) in [6, 6.07) is 5.71.